The molecule has 0 fully saturated rings. The molecule has 0 aliphatic rings. The van der Waals surface area contributed by atoms with Crippen LogP contribution in [0.25, 0.3) is 0 Å². The van der Waals surface area contributed by atoms with Crippen LogP contribution in [0.4, 0.5) is 17.1 Å². The molecule has 0 aliphatic carbocycles. The molecule has 8 heteroatoms. The highest BCUT2D eigenvalue weighted by Gasteiger charge is 2.13. The maximum Gasteiger partial charge on any atom is 0.310 e. The van der Waals surface area contributed by atoms with Crippen LogP contribution in [-0.2, 0) is 9.59 Å². The smallest absolute Gasteiger partial charge is 0.310 e. The van der Waals surface area contributed by atoms with Gasteiger partial charge >= 0.3 is 5.69 Å². The molecule has 0 unspecified atom stereocenters. The Morgan fingerprint density at radius 2 is 1.65 bits per heavy atom. The normalized spacial score (nSPS) is 10.0. The van der Waals surface area contributed by atoms with Crippen molar-refractivity contribution in [1.82, 2.24) is 0 Å². The zero-order chi connectivity index (χ0) is 18.9. The number of para-hydroxylation sites is 2. The third kappa shape index (κ3) is 5.90. The molecule has 2 N–H and O–H groups in total. The molecule has 0 radical (unpaired) electrons. The van der Waals surface area contributed by atoms with E-state index in [4.69, 9.17) is 4.74 Å². The fourth-order valence-corrected chi connectivity index (χ4v) is 2.21. The second kappa shape index (κ2) is 9.16. The Morgan fingerprint density at radius 1 is 1.04 bits per heavy atom. The van der Waals surface area contributed by atoms with Gasteiger partial charge in [0.05, 0.1) is 11.5 Å². The number of benzene rings is 2. The van der Waals surface area contributed by atoms with E-state index < -0.39 is 4.92 Å². The molecule has 2 amide bonds. The van der Waals surface area contributed by atoms with Gasteiger partial charge in [0.2, 0.25) is 11.8 Å². The molecule has 2 aromatic carbocycles. The van der Waals surface area contributed by atoms with Crippen LogP contribution >= 0.6 is 0 Å². The monoisotopic (exact) mass is 357 g/mol. The summed E-state index contributed by atoms with van der Waals surface area (Å²) in [4.78, 5) is 33.3. The molecule has 2 aromatic rings. The zero-order valence-corrected chi connectivity index (χ0v) is 14.2. The van der Waals surface area contributed by atoms with Crippen molar-refractivity contribution >= 4 is 28.9 Å². The van der Waals surface area contributed by atoms with E-state index >= 15 is 0 Å². The Morgan fingerprint density at radius 3 is 2.27 bits per heavy atom. The number of nitro groups is 1. The lowest BCUT2D eigenvalue weighted by molar-refractivity contribution is -0.385. The number of ether oxygens (including phenoxy) is 1. The van der Waals surface area contributed by atoms with Crippen molar-refractivity contribution in [1.29, 1.82) is 0 Å². The fourth-order valence-electron chi connectivity index (χ4n) is 2.21. The number of nitrogens with zero attached hydrogens (tertiary/aromatic N) is 1. The van der Waals surface area contributed by atoms with Gasteiger partial charge in [-0.15, -0.1) is 0 Å². The van der Waals surface area contributed by atoms with E-state index in [1.165, 1.54) is 19.1 Å². The maximum atomic E-state index is 11.9. The summed E-state index contributed by atoms with van der Waals surface area (Å²) >= 11 is 0. The van der Waals surface area contributed by atoms with E-state index in [-0.39, 0.29) is 36.3 Å². The van der Waals surface area contributed by atoms with Gasteiger partial charge in [-0.05, 0) is 36.8 Å². The summed E-state index contributed by atoms with van der Waals surface area (Å²) in [5.74, 6) is -0.171. The summed E-state index contributed by atoms with van der Waals surface area (Å²) < 4.78 is 5.39. The topological polar surface area (TPSA) is 111 Å². The molecule has 26 heavy (non-hydrogen) atoms. The Bertz CT molecular complexity index is 790. The number of anilines is 2. The Labute approximate surface area is 150 Å². The van der Waals surface area contributed by atoms with E-state index in [0.717, 1.165) is 0 Å². The van der Waals surface area contributed by atoms with E-state index in [1.807, 2.05) is 0 Å². The summed E-state index contributed by atoms with van der Waals surface area (Å²) in [5, 5.41) is 16.3. The summed E-state index contributed by atoms with van der Waals surface area (Å²) in [6, 6.07) is 12.9. The van der Waals surface area contributed by atoms with Crippen molar-refractivity contribution < 1.29 is 19.2 Å². The highest BCUT2D eigenvalue weighted by molar-refractivity contribution is 5.92. The Balaban J connectivity index is 1.75. The largest absolute Gasteiger partial charge is 0.487 e. The number of hydrogen-bond donors (Lipinski definition) is 2. The zero-order valence-electron chi connectivity index (χ0n) is 14.2. The van der Waals surface area contributed by atoms with Crippen molar-refractivity contribution in [3.63, 3.8) is 0 Å². The number of carbonyl (C=O) groups is 2. The van der Waals surface area contributed by atoms with Crippen LogP contribution in [0.2, 0.25) is 0 Å². The van der Waals surface area contributed by atoms with Gasteiger partial charge in [-0.25, -0.2) is 0 Å². The number of nitro benzene ring substituents is 1. The SMILES string of the molecule is CC(=O)Nc1ccc(NC(=O)CCCOc2ccccc2[N+](=O)[O-])cc1. The van der Waals surface area contributed by atoms with Crippen LogP contribution in [-0.4, -0.2) is 23.3 Å². The molecular weight excluding hydrogens is 338 g/mol. The lowest BCUT2D eigenvalue weighted by atomic mass is 10.2. The predicted octanol–water partition coefficient (Wildman–Crippen LogP) is 3.35. The first-order valence-corrected chi connectivity index (χ1v) is 7.99. The first-order valence-electron chi connectivity index (χ1n) is 7.99. The molecule has 8 nitrogen and oxygen atoms in total. The van der Waals surface area contributed by atoms with Crippen molar-refractivity contribution in [2.45, 2.75) is 19.8 Å². The quantitative estimate of drug-likeness (QED) is 0.427. The van der Waals surface area contributed by atoms with Gasteiger partial charge in [-0.1, -0.05) is 12.1 Å². The maximum absolute atomic E-state index is 11.9. The molecule has 0 saturated heterocycles. The number of carbonyl (C=O) groups excluding carboxylic acids is 2. The molecule has 0 spiro atoms. The second-order valence-corrected chi connectivity index (χ2v) is 5.48. The first-order chi connectivity index (χ1) is 12.5. The van der Waals surface area contributed by atoms with Crippen LogP contribution in [0.3, 0.4) is 0 Å². The van der Waals surface area contributed by atoms with Gasteiger partial charge in [0, 0.05) is 30.8 Å². The van der Waals surface area contributed by atoms with Crippen molar-refractivity contribution in [3.05, 3.63) is 58.6 Å². The van der Waals surface area contributed by atoms with Crippen LogP contribution in [0.1, 0.15) is 19.8 Å². The molecule has 0 aliphatic heterocycles. The van der Waals surface area contributed by atoms with E-state index in [0.29, 0.717) is 17.8 Å². The van der Waals surface area contributed by atoms with Gasteiger partial charge in [0.15, 0.2) is 5.75 Å². The van der Waals surface area contributed by atoms with Crippen molar-refractivity contribution in [2.24, 2.45) is 0 Å². The molecule has 2 rings (SSSR count). The minimum atomic E-state index is -0.507. The lowest BCUT2D eigenvalue weighted by Crippen LogP contribution is -2.13. The predicted molar refractivity (Wildman–Crippen MR) is 97.2 cm³/mol. The van der Waals surface area contributed by atoms with Crippen LogP contribution in [0, 0.1) is 10.1 Å². The minimum absolute atomic E-state index is 0.101. The summed E-state index contributed by atoms with van der Waals surface area (Å²) in [6.07, 6.45) is 0.635. The molecular formula is C18H19N3O5. The van der Waals surface area contributed by atoms with Gasteiger partial charge < -0.3 is 15.4 Å². The molecule has 0 atom stereocenters. The third-order valence-electron chi connectivity index (χ3n) is 3.36. The average Bonchev–Trinajstić information content (AvgIpc) is 2.60. The number of rotatable bonds is 8. The fraction of sp³-hybridized carbons (Fsp3) is 0.222. The summed E-state index contributed by atoms with van der Waals surface area (Å²) in [5.41, 5.74) is 1.16. The van der Waals surface area contributed by atoms with Crippen LogP contribution in [0.15, 0.2) is 48.5 Å². The van der Waals surface area contributed by atoms with Crippen LogP contribution in [0.5, 0.6) is 5.75 Å². The number of hydrogen-bond acceptors (Lipinski definition) is 5. The van der Waals surface area contributed by atoms with Crippen LogP contribution < -0.4 is 15.4 Å². The van der Waals surface area contributed by atoms with Crippen molar-refractivity contribution in [3.8, 4) is 5.75 Å². The van der Waals surface area contributed by atoms with Gasteiger partial charge in [0.25, 0.3) is 0 Å². The van der Waals surface area contributed by atoms with E-state index in [1.54, 1.807) is 36.4 Å². The number of nitrogens with one attached hydrogen (secondary N) is 2. The average molecular weight is 357 g/mol. The Kier molecular flexibility index (Phi) is 6.67. The van der Waals surface area contributed by atoms with Gasteiger partial charge in [-0.2, -0.15) is 0 Å². The first kappa shape index (κ1) is 18.9. The van der Waals surface area contributed by atoms with Gasteiger partial charge in [-0.3, -0.25) is 19.7 Å². The molecule has 0 saturated carbocycles. The second-order valence-electron chi connectivity index (χ2n) is 5.48. The number of amides is 2. The van der Waals surface area contributed by atoms with E-state index in [2.05, 4.69) is 10.6 Å². The third-order valence-corrected chi connectivity index (χ3v) is 3.36. The standard InChI is InChI=1S/C18H19N3O5/c1-13(22)19-14-8-10-15(11-9-14)20-18(23)7-4-12-26-17-6-3-2-5-16(17)21(24)25/h2-3,5-6,8-11H,4,7,12H2,1H3,(H,19,22)(H,20,23). The van der Waals surface area contributed by atoms with Crippen molar-refractivity contribution in [2.75, 3.05) is 17.2 Å². The molecule has 136 valence electrons. The van der Waals surface area contributed by atoms with E-state index in [9.17, 15) is 19.7 Å². The lowest BCUT2D eigenvalue weighted by Gasteiger charge is -2.08. The summed E-state index contributed by atoms with van der Waals surface area (Å²) in [6.45, 7) is 1.61. The summed E-state index contributed by atoms with van der Waals surface area (Å²) in [7, 11) is 0. The molecule has 0 bridgehead atoms. The highest BCUT2D eigenvalue weighted by atomic mass is 16.6. The minimum Gasteiger partial charge on any atom is -0.487 e. The molecule has 0 aromatic heterocycles. The molecule has 0 heterocycles. The van der Waals surface area contributed by atoms with Gasteiger partial charge in [0.1, 0.15) is 0 Å². The Hall–Kier alpha value is -3.42. The highest BCUT2D eigenvalue weighted by Crippen LogP contribution is 2.25.